The highest BCUT2D eigenvalue weighted by atomic mass is 19.1. The number of halogens is 1. The molecule has 0 saturated heterocycles. The summed E-state index contributed by atoms with van der Waals surface area (Å²) in [5.74, 6) is -0.350. The fourth-order valence-corrected chi connectivity index (χ4v) is 2.90. The first kappa shape index (κ1) is 14.3. The molecule has 0 radical (unpaired) electrons. The maximum absolute atomic E-state index is 13.3. The zero-order valence-corrected chi connectivity index (χ0v) is 11.5. The molecule has 0 bridgehead atoms. The van der Waals surface area contributed by atoms with Crippen LogP contribution in [0.25, 0.3) is 0 Å². The van der Waals surface area contributed by atoms with Gasteiger partial charge in [0.15, 0.2) is 0 Å². The molecule has 1 aliphatic carbocycles. The Labute approximate surface area is 113 Å². The van der Waals surface area contributed by atoms with Crippen LogP contribution in [0, 0.1) is 5.82 Å². The molecule has 106 valence electrons. The van der Waals surface area contributed by atoms with Gasteiger partial charge in [-0.05, 0) is 38.0 Å². The van der Waals surface area contributed by atoms with E-state index in [9.17, 15) is 14.6 Å². The minimum Gasteiger partial charge on any atom is -0.391 e. The van der Waals surface area contributed by atoms with Gasteiger partial charge in [-0.2, -0.15) is 0 Å². The van der Waals surface area contributed by atoms with Crippen LogP contribution in [0.1, 0.15) is 44.3 Å². The second-order valence-corrected chi connectivity index (χ2v) is 5.41. The molecule has 19 heavy (non-hydrogen) atoms. The summed E-state index contributed by atoms with van der Waals surface area (Å²) in [7, 11) is 1.90. The number of rotatable bonds is 3. The van der Waals surface area contributed by atoms with Crippen LogP contribution in [-0.4, -0.2) is 29.4 Å². The third kappa shape index (κ3) is 3.07. The van der Waals surface area contributed by atoms with E-state index in [1.165, 1.54) is 12.1 Å². The molecule has 4 heteroatoms. The van der Waals surface area contributed by atoms with E-state index in [0.717, 1.165) is 31.4 Å². The van der Waals surface area contributed by atoms with Crippen LogP contribution < -0.4 is 4.90 Å². The summed E-state index contributed by atoms with van der Waals surface area (Å²) in [6, 6.07) is 4.48. The van der Waals surface area contributed by atoms with Gasteiger partial charge >= 0.3 is 0 Å². The Morgan fingerprint density at radius 2 is 2.00 bits per heavy atom. The van der Waals surface area contributed by atoms with Crippen LogP contribution in [0.4, 0.5) is 10.1 Å². The summed E-state index contributed by atoms with van der Waals surface area (Å²) < 4.78 is 13.3. The smallest absolute Gasteiger partial charge is 0.123 e. The summed E-state index contributed by atoms with van der Waals surface area (Å²) in [6.45, 7) is 1.63. The van der Waals surface area contributed by atoms with Crippen LogP contribution >= 0.6 is 0 Å². The fourth-order valence-electron chi connectivity index (χ4n) is 2.90. The molecule has 1 fully saturated rings. The Kier molecular flexibility index (Phi) is 4.42. The molecule has 1 aromatic rings. The molecular weight excluding hydrogens is 245 g/mol. The van der Waals surface area contributed by atoms with Gasteiger partial charge in [-0.15, -0.1) is 0 Å². The van der Waals surface area contributed by atoms with Crippen LogP contribution in [0.3, 0.4) is 0 Å². The van der Waals surface area contributed by atoms with Gasteiger partial charge in [0.2, 0.25) is 0 Å². The quantitative estimate of drug-likeness (QED) is 0.884. The number of hydrogen-bond donors (Lipinski definition) is 2. The lowest BCUT2D eigenvalue weighted by molar-refractivity contribution is 0.106. The normalized spacial score (nSPS) is 25.1. The number of aliphatic hydroxyl groups excluding tert-OH is 2. The van der Waals surface area contributed by atoms with Crippen molar-refractivity contribution in [1.82, 2.24) is 0 Å². The molecule has 1 aromatic carbocycles. The van der Waals surface area contributed by atoms with Gasteiger partial charge in [0.1, 0.15) is 5.82 Å². The van der Waals surface area contributed by atoms with E-state index in [1.807, 2.05) is 11.9 Å². The second-order valence-electron chi connectivity index (χ2n) is 5.41. The average Bonchev–Trinajstić information content (AvgIpc) is 2.38. The minimum atomic E-state index is -0.728. The van der Waals surface area contributed by atoms with Crippen molar-refractivity contribution < 1.29 is 14.6 Å². The van der Waals surface area contributed by atoms with Crippen molar-refractivity contribution in [1.29, 1.82) is 0 Å². The molecule has 2 rings (SSSR count). The van der Waals surface area contributed by atoms with Crippen molar-refractivity contribution in [3.05, 3.63) is 29.6 Å². The van der Waals surface area contributed by atoms with E-state index in [2.05, 4.69) is 0 Å². The van der Waals surface area contributed by atoms with E-state index >= 15 is 0 Å². The van der Waals surface area contributed by atoms with E-state index in [1.54, 1.807) is 13.0 Å². The van der Waals surface area contributed by atoms with Gasteiger partial charge in [0, 0.05) is 18.3 Å². The first-order valence-corrected chi connectivity index (χ1v) is 6.89. The Morgan fingerprint density at radius 3 is 2.63 bits per heavy atom. The average molecular weight is 267 g/mol. The molecular formula is C15H22FNO2. The monoisotopic (exact) mass is 267 g/mol. The van der Waals surface area contributed by atoms with Crippen molar-refractivity contribution in [3.63, 3.8) is 0 Å². The minimum absolute atomic E-state index is 0.0386. The van der Waals surface area contributed by atoms with Crippen molar-refractivity contribution in [2.45, 2.75) is 50.9 Å². The Balaban J connectivity index is 2.29. The van der Waals surface area contributed by atoms with Gasteiger partial charge < -0.3 is 15.1 Å². The predicted octanol–water partition coefficient (Wildman–Crippen LogP) is 2.62. The number of hydrogen-bond acceptors (Lipinski definition) is 3. The summed E-state index contributed by atoms with van der Waals surface area (Å²) in [5, 5.41) is 19.9. The lowest BCUT2D eigenvalue weighted by Gasteiger charge is -2.37. The van der Waals surface area contributed by atoms with Crippen LogP contribution in [0.15, 0.2) is 18.2 Å². The van der Waals surface area contributed by atoms with Gasteiger partial charge in [0.05, 0.1) is 18.2 Å². The van der Waals surface area contributed by atoms with Gasteiger partial charge in [0.25, 0.3) is 0 Å². The molecule has 1 aliphatic rings. The number of aliphatic hydroxyl groups is 2. The fraction of sp³-hybridized carbons (Fsp3) is 0.600. The lowest BCUT2D eigenvalue weighted by Crippen LogP contribution is -2.43. The predicted molar refractivity (Wildman–Crippen MR) is 73.7 cm³/mol. The Morgan fingerprint density at radius 1 is 1.32 bits per heavy atom. The molecule has 3 nitrogen and oxygen atoms in total. The molecule has 1 saturated carbocycles. The zero-order chi connectivity index (χ0) is 14.0. The summed E-state index contributed by atoms with van der Waals surface area (Å²) >= 11 is 0. The number of benzene rings is 1. The standard InChI is InChI=1S/C15H22FNO2/c1-10(18)12-9-11(16)7-8-13(12)17(2)14-5-3-4-6-15(14)19/h7-10,14-15,18-19H,3-6H2,1-2H3/t10-,14?,15?/m0/s1. The highest BCUT2D eigenvalue weighted by Gasteiger charge is 2.28. The molecule has 0 amide bonds. The highest BCUT2D eigenvalue weighted by molar-refractivity contribution is 5.55. The molecule has 0 heterocycles. The molecule has 0 aliphatic heterocycles. The molecule has 3 atom stereocenters. The zero-order valence-electron chi connectivity index (χ0n) is 11.5. The lowest BCUT2D eigenvalue weighted by atomic mass is 9.91. The topological polar surface area (TPSA) is 43.7 Å². The second kappa shape index (κ2) is 5.88. The maximum Gasteiger partial charge on any atom is 0.123 e. The molecule has 0 aromatic heterocycles. The van der Waals surface area contributed by atoms with E-state index < -0.39 is 6.10 Å². The van der Waals surface area contributed by atoms with E-state index in [4.69, 9.17) is 0 Å². The summed E-state index contributed by atoms with van der Waals surface area (Å²) in [4.78, 5) is 1.98. The van der Waals surface area contributed by atoms with E-state index in [0.29, 0.717) is 5.56 Å². The van der Waals surface area contributed by atoms with Gasteiger partial charge in [-0.1, -0.05) is 12.8 Å². The van der Waals surface area contributed by atoms with Crippen molar-refractivity contribution in [2.24, 2.45) is 0 Å². The van der Waals surface area contributed by atoms with Crippen molar-refractivity contribution >= 4 is 5.69 Å². The van der Waals surface area contributed by atoms with Crippen LogP contribution in [0.2, 0.25) is 0 Å². The van der Waals surface area contributed by atoms with Crippen molar-refractivity contribution in [2.75, 3.05) is 11.9 Å². The SMILES string of the molecule is C[C@H](O)c1cc(F)ccc1N(C)C1CCCCC1O. The molecule has 0 spiro atoms. The van der Waals surface area contributed by atoms with E-state index in [-0.39, 0.29) is 18.0 Å². The first-order valence-electron chi connectivity index (χ1n) is 6.89. The largest absolute Gasteiger partial charge is 0.391 e. The van der Waals surface area contributed by atoms with Crippen molar-refractivity contribution in [3.8, 4) is 0 Å². The number of likely N-dealkylation sites (N-methyl/N-ethyl adjacent to an activating group) is 1. The summed E-state index contributed by atoms with van der Waals surface area (Å²) in [5.41, 5.74) is 1.36. The highest BCUT2D eigenvalue weighted by Crippen LogP contribution is 2.32. The van der Waals surface area contributed by atoms with Crippen LogP contribution in [-0.2, 0) is 0 Å². The molecule has 2 N–H and O–H groups in total. The maximum atomic E-state index is 13.3. The first-order chi connectivity index (χ1) is 9.00. The number of nitrogens with zero attached hydrogens (tertiary/aromatic N) is 1. The Hall–Kier alpha value is -1.13. The molecule has 2 unspecified atom stereocenters. The van der Waals surface area contributed by atoms with Gasteiger partial charge in [-0.25, -0.2) is 4.39 Å². The Bertz CT molecular complexity index is 436. The van der Waals surface area contributed by atoms with Crippen LogP contribution in [0.5, 0.6) is 0 Å². The summed E-state index contributed by atoms with van der Waals surface area (Å²) in [6.07, 6.45) is 2.80. The third-order valence-electron chi connectivity index (χ3n) is 4.01. The third-order valence-corrected chi connectivity index (χ3v) is 4.01. The number of anilines is 1. The van der Waals surface area contributed by atoms with Gasteiger partial charge in [-0.3, -0.25) is 0 Å².